The number of anilines is 1. The van der Waals surface area contributed by atoms with Gasteiger partial charge in [0.05, 0.1) is 4.92 Å². The van der Waals surface area contributed by atoms with E-state index in [1.54, 1.807) is 18.2 Å². The van der Waals surface area contributed by atoms with Crippen LogP contribution in [0.4, 0.5) is 15.8 Å². The van der Waals surface area contributed by atoms with Crippen LogP contribution < -0.4 is 10.6 Å². The maximum absolute atomic E-state index is 12.8. The monoisotopic (exact) mass is 388 g/mol. The first-order valence-corrected chi connectivity index (χ1v) is 8.12. The third kappa shape index (κ3) is 5.80. The van der Waals surface area contributed by atoms with Crippen molar-refractivity contribution in [3.05, 3.63) is 80.8 Å². The molecule has 0 saturated heterocycles. The average molecular weight is 389 g/mol. The number of carbonyl (C=O) groups is 1. The lowest BCUT2D eigenvalue weighted by Crippen LogP contribution is -2.18. The molecule has 0 saturated carbocycles. The average Bonchev–Trinajstić information content (AvgIpc) is 2.64. The van der Waals surface area contributed by atoms with Crippen LogP contribution in [-0.4, -0.2) is 17.4 Å². The lowest BCUT2D eigenvalue weighted by molar-refractivity contribution is -0.384. The summed E-state index contributed by atoms with van der Waals surface area (Å²) >= 11 is 5.71. The molecule has 0 aliphatic rings. The fraction of sp³-hybridized carbons (Fsp3) is 0.111. The predicted octanol–water partition coefficient (Wildman–Crippen LogP) is 3.57. The zero-order valence-electron chi connectivity index (χ0n) is 13.9. The van der Waals surface area contributed by atoms with Crippen molar-refractivity contribution >= 4 is 28.9 Å². The highest BCUT2D eigenvalue weighted by Gasteiger charge is 2.15. The molecular weight excluding hydrogens is 375 g/mol. The molecular formula is C18H14ClFN4O3. The number of nitro benzene ring substituents is 1. The summed E-state index contributed by atoms with van der Waals surface area (Å²) in [5.74, 6) is -1.04. The van der Waals surface area contributed by atoms with Crippen LogP contribution in [0.2, 0.25) is 5.02 Å². The van der Waals surface area contributed by atoms with E-state index in [-0.39, 0.29) is 27.8 Å². The number of hydrogen-bond donors (Lipinski definition) is 2. The Morgan fingerprint density at radius 1 is 1.30 bits per heavy atom. The van der Waals surface area contributed by atoms with Gasteiger partial charge in [-0.15, -0.1) is 0 Å². The number of hydrogen-bond acceptors (Lipinski definition) is 5. The van der Waals surface area contributed by atoms with Crippen molar-refractivity contribution in [1.82, 2.24) is 5.32 Å². The number of benzene rings is 2. The van der Waals surface area contributed by atoms with E-state index in [4.69, 9.17) is 16.9 Å². The molecule has 2 aromatic rings. The van der Waals surface area contributed by atoms with Crippen LogP contribution in [0, 0.1) is 27.3 Å². The summed E-state index contributed by atoms with van der Waals surface area (Å²) in [7, 11) is 0. The first-order valence-electron chi connectivity index (χ1n) is 7.74. The highest BCUT2D eigenvalue weighted by molar-refractivity contribution is 6.32. The normalized spacial score (nSPS) is 10.8. The van der Waals surface area contributed by atoms with Gasteiger partial charge < -0.3 is 10.6 Å². The van der Waals surface area contributed by atoms with Gasteiger partial charge in [-0.1, -0.05) is 23.7 Å². The largest absolute Gasteiger partial charge is 0.389 e. The Morgan fingerprint density at radius 3 is 2.63 bits per heavy atom. The summed E-state index contributed by atoms with van der Waals surface area (Å²) in [5.41, 5.74) is 0.485. The zero-order chi connectivity index (χ0) is 19.8. The van der Waals surface area contributed by atoms with Crippen LogP contribution in [0.1, 0.15) is 5.56 Å². The van der Waals surface area contributed by atoms with Gasteiger partial charge in [-0.3, -0.25) is 14.9 Å². The van der Waals surface area contributed by atoms with E-state index in [2.05, 4.69) is 10.6 Å². The van der Waals surface area contributed by atoms with Crippen molar-refractivity contribution in [3.8, 4) is 6.07 Å². The molecule has 0 aliphatic carbocycles. The summed E-state index contributed by atoms with van der Waals surface area (Å²) in [4.78, 5) is 22.3. The second-order valence-corrected chi connectivity index (χ2v) is 5.79. The maximum Gasteiger partial charge on any atom is 0.289 e. The Hall–Kier alpha value is -3.44. The molecule has 1 amide bonds. The number of nitro groups is 1. The van der Waals surface area contributed by atoms with E-state index in [0.29, 0.717) is 13.0 Å². The van der Waals surface area contributed by atoms with Crippen LogP contribution >= 0.6 is 11.6 Å². The number of nitrogens with zero attached hydrogens (tertiary/aromatic N) is 2. The second kappa shape index (κ2) is 9.31. The van der Waals surface area contributed by atoms with E-state index in [9.17, 15) is 19.3 Å². The van der Waals surface area contributed by atoms with Crippen molar-refractivity contribution in [2.45, 2.75) is 6.42 Å². The fourth-order valence-corrected chi connectivity index (χ4v) is 2.31. The van der Waals surface area contributed by atoms with E-state index in [0.717, 1.165) is 11.6 Å². The van der Waals surface area contributed by atoms with Gasteiger partial charge in [0.1, 0.15) is 22.5 Å². The van der Waals surface area contributed by atoms with Gasteiger partial charge >= 0.3 is 0 Å². The summed E-state index contributed by atoms with van der Waals surface area (Å²) in [6.07, 6.45) is 1.82. The first kappa shape index (κ1) is 19.9. The smallest absolute Gasteiger partial charge is 0.289 e. The van der Waals surface area contributed by atoms with Crippen molar-refractivity contribution in [2.75, 3.05) is 11.9 Å². The van der Waals surface area contributed by atoms with E-state index in [1.165, 1.54) is 30.5 Å². The Balaban J connectivity index is 1.96. The fourth-order valence-electron chi connectivity index (χ4n) is 2.12. The number of amides is 1. The minimum absolute atomic E-state index is 0.0588. The molecule has 2 aromatic carbocycles. The van der Waals surface area contributed by atoms with Crippen molar-refractivity contribution < 1.29 is 14.1 Å². The maximum atomic E-state index is 12.8. The number of carbonyl (C=O) groups excluding carboxylic acids is 1. The quantitative estimate of drug-likeness (QED) is 0.248. The Kier molecular flexibility index (Phi) is 6.86. The molecule has 0 aromatic heterocycles. The summed E-state index contributed by atoms with van der Waals surface area (Å²) in [5, 5.41) is 25.2. The van der Waals surface area contributed by atoms with Crippen molar-refractivity contribution in [1.29, 1.82) is 5.26 Å². The molecule has 2 rings (SSSR count). The van der Waals surface area contributed by atoms with Crippen LogP contribution in [0.15, 0.2) is 54.2 Å². The third-order valence-corrected chi connectivity index (χ3v) is 3.80. The van der Waals surface area contributed by atoms with Crippen molar-refractivity contribution in [3.63, 3.8) is 0 Å². The molecule has 27 heavy (non-hydrogen) atoms. The standard InChI is InChI=1S/C18H14ClFN4O3/c19-16-6-5-15(9-17(16)24(26)27)23-18(25)13(10-21)11-22-8-7-12-1-3-14(20)4-2-12/h1-6,9,11,22H,7-8H2,(H,23,25)/b13-11-. The highest BCUT2D eigenvalue weighted by Crippen LogP contribution is 2.27. The van der Waals surface area contributed by atoms with Crippen LogP contribution in [-0.2, 0) is 11.2 Å². The molecule has 9 heteroatoms. The van der Waals surface area contributed by atoms with Gasteiger partial charge in [0.15, 0.2) is 0 Å². The zero-order valence-corrected chi connectivity index (χ0v) is 14.7. The minimum atomic E-state index is -0.719. The number of nitrogens with one attached hydrogen (secondary N) is 2. The van der Waals surface area contributed by atoms with Gasteiger partial charge in [0.25, 0.3) is 11.6 Å². The van der Waals surface area contributed by atoms with Gasteiger partial charge in [-0.25, -0.2) is 4.39 Å². The Labute approximate surface area is 159 Å². The predicted molar refractivity (Wildman–Crippen MR) is 98.5 cm³/mol. The van der Waals surface area contributed by atoms with Crippen molar-refractivity contribution in [2.24, 2.45) is 0 Å². The Morgan fingerprint density at radius 2 is 2.00 bits per heavy atom. The first-order chi connectivity index (χ1) is 12.9. The summed E-state index contributed by atoms with van der Waals surface area (Å²) in [6, 6.07) is 11.5. The molecule has 0 fully saturated rings. The molecule has 0 aliphatic heterocycles. The molecule has 0 heterocycles. The lowest BCUT2D eigenvalue weighted by atomic mass is 10.1. The van der Waals surface area contributed by atoms with Gasteiger partial charge in [-0.2, -0.15) is 5.26 Å². The molecule has 0 unspecified atom stereocenters. The minimum Gasteiger partial charge on any atom is -0.389 e. The molecule has 0 radical (unpaired) electrons. The van der Waals surface area contributed by atoms with Crippen LogP contribution in [0.3, 0.4) is 0 Å². The Bertz CT molecular complexity index is 923. The number of halogens is 2. The summed E-state index contributed by atoms with van der Waals surface area (Å²) < 4.78 is 12.8. The molecule has 7 nitrogen and oxygen atoms in total. The number of rotatable bonds is 7. The van der Waals surface area contributed by atoms with E-state index >= 15 is 0 Å². The molecule has 0 atom stereocenters. The van der Waals surface area contributed by atoms with E-state index < -0.39 is 10.8 Å². The van der Waals surface area contributed by atoms with Gasteiger partial charge in [0.2, 0.25) is 0 Å². The lowest BCUT2D eigenvalue weighted by Gasteiger charge is -2.06. The van der Waals surface area contributed by atoms with E-state index in [1.807, 2.05) is 0 Å². The SMILES string of the molecule is N#C/C(=C/NCCc1ccc(F)cc1)C(=O)Nc1ccc(Cl)c([N+](=O)[O-])c1. The third-order valence-electron chi connectivity index (χ3n) is 3.48. The van der Waals surface area contributed by atoms with Gasteiger partial charge in [-0.05, 0) is 36.2 Å². The highest BCUT2D eigenvalue weighted by atomic mass is 35.5. The summed E-state index contributed by atoms with van der Waals surface area (Å²) in [6.45, 7) is 0.427. The molecule has 0 spiro atoms. The number of nitriles is 1. The molecule has 2 N–H and O–H groups in total. The molecule has 138 valence electrons. The molecule has 0 bridgehead atoms. The van der Waals surface area contributed by atoms with Gasteiger partial charge in [0, 0.05) is 24.5 Å². The van der Waals surface area contributed by atoms with Crippen LogP contribution in [0.5, 0.6) is 0 Å². The topological polar surface area (TPSA) is 108 Å². The second-order valence-electron chi connectivity index (χ2n) is 5.38. The van der Waals surface area contributed by atoms with Crippen LogP contribution in [0.25, 0.3) is 0 Å².